The van der Waals surface area contributed by atoms with Crippen molar-refractivity contribution in [2.45, 2.75) is 6.61 Å². The Labute approximate surface area is 131 Å². The van der Waals surface area contributed by atoms with Crippen molar-refractivity contribution in [3.05, 3.63) is 58.1 Å². The average Bonchev–Trinajstić information content (AvgIpc) is 2.52. The molecule has 0 atom stereocenters. The van der Waals surface area contributed by atoms with Crippen LogP contribution in [0.5, 0.6) is 11.5 Å². The summed E-state index contributed by atoms with van der Waals surface area (Å²) in [4.78, 5) is 0. The van der Waals surface area contributed by atoms with E-state index in [1.54, 1.807) is 25.3 Å². The van der Waals surface area contributed by atoms with Gasteiger partial charge in [0, 0.05) is 10.0 Å². The van der Waals surface area contributed by atoms with Crippen LogP contribution < -0.4 is 15.2 Å². The zero-order valence-electron chi connectivity index (χ0n) is 11.4. The fourth-order valence-electron chi connectivity index (χ4n) is 1.74. The van der Waals surface area contributed by atoms with Gasteiger partial charge in [0.05, 0.1) is 7.11 Å². The standard InChI is InChI=1S/C15H15BrN2O3/c1-20-11-4-2-10(3-5-11)9-21-12-6-7-13(14(16)8-12)15(17)18-19/h2-8,19H,9H2,1H3,(H2,17,18). The lowest BCUT2D eigenvalue weighted by Crippen LogP contribution is -2.13. The number of methoxy groups -OCH3 is 1. The third-order valence-corrected chi connectivity index (χ3v) is 3.54. The van der Waals surface area contributed by atoms with Crippen molar-refractivity contribution in [3.8, 4) is 11.5 Å². The van der Waals surface area contributed by atoms with Gasteiger partial charge in [-0.2, -0.15) is 0 Å². The van der Waals surface area contributed by atoms with E-state index in [9.17, 15) is 0 Å². The highest BCUT2D eigenvalue weighted by molar-refractivity contribution is 9.10. The number of halogens is 1. The van der Waals surface area contributed by atoms with Gasteiger partial charge in [0.1, 0.15) is 18.1 Å². The molecule has 0 fully saturated rings. The molecular formula is C15H15BrN2O3. The molecule has 0 aliphatic heterocycles. The van der Waals surface area contributed by atoms with Crippen molar-refractivity contribution in [3.63, 3.8) is 0 Å². The lowest BCUT2D eigenvalue weighted by atomic mass is 10.2. The molecule has 2 aromatic rings. The predicted molar refractivity (Wildman–Crippen MR) is 84.0 cm³/mol. The minimum atomic E-state index is 0.0450. The van der Waals surface area contributed by atoms with E-state index in [-0.39, 0.29) is 5.84 Å². The first-order valence-electron chi connectivity index (χ1n) is 6.17. The van der Waals surface area contributed by atoms with Gasteiger partial charge in [-0.15, -0.1) is 0 Å². The minimum Gasteiger partial charge on any atom is -0.497 e. The van der Waals surface area contributed by atoms with Crippen molar-refractivity contribution in [2.24, 2.45) is 10.9 Å². The van der Waals surface area contributed by atoms with Crippen LogP contribution in [0.25, 0.3) is 0 Å². The van der Waals surface area contributed by atoms with Crippen LogP contribution >= 0.6 is 15.9 Å². The maximum Gasteiger partial charge on any atom is 0.171 e. The SMILES string of the molecule is COc1ccc(COc2ccc(/C(N)=N/O)c(Br)c2)cc1. The second-order valence-corrected chi connectivity index (χ2v) is 5.12. The molecule has 0 saturated carbocycles. The average molecular weight is 351 g/mol. The molecule has 0 radical (unpaired) electrons. The molecule has 0 aliphatic carbocycles. The molecule has 0 spiro atoms. The van der Waals surface area contributed by atoms with Gasteiger partial charge >= 0.3 is 0 Å². The molecule has 6 heteroatoms. The fraction of sp³-hybridized carbons (Fsp3) is 0.133. The van der Waals surface area contributed by atoms with Gasteiger partial charge in [-0.3, -0.25) is 0 Å². The summed E-state index contributed by atoms with van der Waals surface area (Å²) in [7, 11) is 1.63. The van der Waals surface area contributed by atoms with E-state index in [0.29, 0.717) is 22.4 Å². The van der Waals surface area contributed by atoms with Gasteiger partial charge in [-0.25, -0.2) is 0 Å². The van der Waals surface area contributed by atoms with Crippen molar-refractivity contribution in [1.29, 1.82) is 0 Å². The van der Waals surface area contributed by atoms with E-state index < -0.39 is 0 Å². The number of ether oxygens (including phenoxy) is 2. The van der Waals surface area contributed by atoms with Gasteiger partial charge < -0.3 is 20.4 Å². The third kappa shape index (κ3) is 3.88. The molecule has 0 amide bonds. The smallest absolute Gasteiger partial charge is 0.171 e. The third-order valence-electron chi connectivity index (χ3n) is 2.89. The Morgan fingerprint density at radius 2 is 1.86 bits per heavy atom. The number of benzene rings is 2. The topological polar surface area (TPSA) is 77.1 Å². The molecule has 21 heavy (non-hydrogen) atoms. The maximum absolute atomic E-state index is 8.68. The van der Waals surface area contributed by atoms with Gasteiger partial charge in [0.15, 0.2) is 5.84 Å². The van der Waals surface area contributed by atoms with Crippen LogP contribution in [0, 0.1) is 0 Å². The van der Waals surface area contributed by atoms with Gasteiger partial charge in [0.2, 0.25) is 0 Å². The van der Waals surface area contributed by atoms with Crippen LogP contribution in [-0.4, -0.2) is 18.2 Å². The first-order chi connectivity index (χ1) is 10.1. The Kier molecular flexibility index (Phi) is 5.05. The summed E-state index contributed by atoms with van der Waals surface area (Å²) in [5.41, 5.74) is 7.20. The zero-order valence-corrected chi connectivity index (χ0v) is 13.0. The largest absolute Gasteiger partial charge is 0.497 e. The summed E-state index contributed by atoms with van der Waals surface area (Å²) in [5, 5.41) is 11.6. The van der Waals surface area contributed by atoms with Crippen LogP contribution in [0.15, 0.2) is 52.1 Å². The van der Waals surface area contributed by atoms with Gasteiger partial charge in [-0.05, 0) is 51.8 Å². The van der Waals surface area contributed by atoms with Crippen molar-refractivity contribution in [1.82, 2.24) is 0 Å². The Bertz CT molecular complexity index is 642. The summed E-state index contributed by atoms with van der Waals surface area (Å²) in [6.45, 7) is 0.444. The molecular weight excluding hydrogens is 336 g/mol. The van der Waals surface area contributed by atoms with Crippen LogP contribution in [0.3, 0.4) is 0 Å². The Balaban J connectivity index is 2.04. The van der Waals surface area contributed by atoms with E-state index in [0.717, 1.165) is 11.3 Å². The number of rotatable bonds is 5. The zero-order chi connectivity index (χ0) is 15.2. The normalized spacial score (nSPS) is 11.2. The number of nitrogens with two attached hydrogens (primary N) is 1. The summed E-state index contributed by atoms with van der Waals surface area (Å²) < 4.78 is 11.5. The van der Waals surface area contributed by atoms with E-state index >= 15 is 0 Å². The Hall–Kier alpha value is -2.21. The summed E-state index contributed by atoms with van der Waals surface area (Å²) in [5.74, 6) is 1.54. The maximum atomic E-state index is 8.68. The molecule has 5 nitrogen and oxygen atoms in total. The molecule has 2 rings (SSSR count). The number of amidine groups is 1. The molecule has 2 aromatic carbocycles. The van der Waals surface area contributed by atoms with Crippen molar-refractivity contribution >= 4 is 21.8 Å². The Morgan fingerprint density at radius 3 is 2.43 bits per heavy atom. The van der Waals surface area contributed by atoms with Crippen LogP contribution in [-0.2, 0) is 6.61 Å². The minimum absolute atomic E-state index is 0.0450. The molecule has 0 bridgehead atoms. The van der Waals surface area contributed by atoms with Gasteiger partial charge in [-0.1, -0.05) is 17.3 Å². The van der Waals surface area contributed by atoms with E-state index in [4.69, 9.17) is 20.4 Å². The highest BCUT2D eigenvalue weighted by atomic mass is 79.9. The van der Waals surface area contributed by atoms with Crippen molar-refractivity contribution < 1.29 is 14.7 Å². The second-order valence-electron chi connectivity index (χ2n) is 4.26. The highest BCUT2D eigenvalue weighted by Gasteiger charge is 2.06. The van der Waals surface area contributed by atoms with Crippen LogP contribution in [0.1, 0.15) is 11.1 Å². The second kappa shape index (κ2) is 6.99. The lowest BCUT2D eigenvalue weighted by Gasteiger charge is -2.09. The molecule has 0 unspecified atom stereocenters. The molecule has 3 N–H and O–H groups in total. The molecule has 0 aromatic heterocycles. The van der Waals surface area contributed by atoms with E-state index in [1.807, 2.05) is 24.3 Å². The van der Waals surface area contributed by atoms with E-state index in [2.05, 4.69) is 21.1 Å². The number of nitrogens with zero attached hydrogens (tertiary/aromatic N) is 1. The van der Waals surface area contributed by atoms with Crippen molar-refractivity contribution in [2.75, 3.05) is 7.11 Å². The number of hydrogen-bond donors (Lipinski definition) is 2. The van der Waals surface area contributed by atoms with E-state index in [1.165, 1.54) is 0 Å². The predicted octanol–water partition coefficient (Wildman–Crippen LogP) is 3.13. The Morgan fingerprint density at radius 1 is 1.19 bits per heavy atom. The summed E-state index contributed by atoms with van der Waals surface area (Å²) in [6, 6.07) is 12.9. The monoisotopic (exact) mass is 350 g/mol. The first kappa shape index (κ1) is 15.2. The number of hydrogen-bond acceptors (Lipinski definition) is 4. The van der Waals surface area contributed by atoms with Crippen LogP contribution in [0.2, 0.25) is 0 Å². The summed E-state index contributed by atoms with van der Waals surface area (Å²) in [6.07, 6.45) is 0. The highest BCUT2D eigenvalue weighted by Crippen LogP contribution is 2.24. The fourth-order valence-corrected chi connectivity index (χ4v) is 2.30. The molecule has 0 aliphatic rings. The number of oxime groups is 1. The summed E-state index contributed by atoms with van der Waals surface area (Å²) >= 11 is 3.37. The molecule has 0 saturated heterocycles. The van der Waals surface area contributed by atoms with Crippen LogP contribution in [0.4, 0.5) is 0 Å². The van der Waals surface area contributed by atoms with Gasteiger partial charge in [0.25, 0.3) is 0 Å². The molecule has 110 valence electrons. The first-order valence-corrected chi connectivity index (χ1v) is 6.96. The molecule has 0 heterocycles. The lowest BCUT2D eigenvalue weighted by molar-refractivity contribution is 0.305. The quantitative estimate of drug-likeness (QED) is 0.376.